The van der Waals surface area contributed by atoms with Crippen LogP contribution in [0.4, 0.5) is 0 Å². The number of fused-ring (bicyclic) bond motifs is 15. The highest BCUT2D eigenvalue weighted by molar-refractivity contribution is 14.1. The molecular weight excluding hydrogens is 2340 g/mol. The Bertz CT molecular complexity index is 6020. The van der Waals surface area contributed by atoms with Crippen molar-refractivity contribution in [3.8, 4) is 66.8 Å². The number of furan rings is 5. The maximum Gasteiger partial charge on any atom is 0.192 e. The average molecular weight is 2370 g/mol. The monoisotopic (exact) mass is 2360 g/mol. The Morgan fingerprint density at radius 3 is 1.20 bits per heavy atom. The molecule has 0 aliphatic rings. The molecule has 0 atom stereocenters. The molecule has 1 aromatic carbocycles. The van der Waals surface area contributed by atoms with E-state index in [1.807, 2.05) is 59.2 Å². The Morgan fingerprint density at radius 2 is 0.742 bits per heavy atom. The third-order valence-corrected chi connectivity index (χ3v) is 41.9. The van der Waals surface area contributed by atoms with Gasteiger partial charge in [0.15, 0.2) is 56.2 Å². The van der Waals surface area contributed by atoms with Gasteiger partial charge in [0.2, 0.25) is 0 Å². The molecule has 0 amide bonds. The average Bonchev–Trinajstić information content (AvgIpc) is 1.56. The number of thiophene rings is 10. The molecule has 32 heteroatoms. The van der Waals surface area contributed by atoms with E-state index in [0.717, 1.165) is 164 Å². The van der Waals surface area contributed by atoms with Crippen LogP contribution in [0, 0.1) is 55.6 Å². The zero-order chi connectivity index (χ0) is 67.5. The summed E-state index contributed by atoms with van der Waals surface area (Å²) in [5.41, 5.74) is 11.9. The Hall–Kier alpha value is -0.240. The molecule has 18 heterocycles. The molecule has 19 rings (SSSR count). The fourth-order valence-electron chi connectivity index (χ4n) is 11.3. The molecular formula is C65H29Br10I2N3O5S12. The summed E-state index contributed by atoms with van der Waals surface area (Å²) in [5.74, 6) is 1.76. The van der Waals surface area contributed by atoms with E-state index >= 15 is 0 Å². The lowest BCUT2D eigenvalue weighted by atomic mass is 10.2. The van der Waals surface area contributed by atoms with Crippen LogP contribution >= 0.6 is 341 Å². The minimum Gasteiger partial charge on any atom is -0.452 e. The molecule has 97 heavy (non-hydrogen) atoms. The Kier molecular flexibility index (Phi) is 19.1. The molecule has 18 aromatic heterocycles. The van der Waals surface area contributed by atoms with Gasteiger partial charge in [-0.3, -0.25) is 0 Å². The number of aromatic nitrogens is 3. The van der Waals surface area contributed by atoms with Crippen molar-refractivity contribution in [1.82, 2.24) is 14.5 Å². The third-order valence-electron chi connectivity index (χ3n) is 15.4. The number of aryl methyl sites for hydroxylation is 7. The minimum atomic E-state index is 0.785. The van der Waals surface area contributed by atoms with Crippen molar-refractivity contribution < 1.29 is 22.1 Å². The summed E-state index contributed by atoms with van der Waals surface area (Å²) in [7, 11) is 0. The first-order valence-corrected chi connectivity index (χ1v) is 48.0. The van der Waals surface area contributed by atoms with E-state index in [4.69, 9.17) is 22.1 Å². The number of rotatable bonds is 7. The molecule has 8 nitrogen and oxygen atoms in total. The quantitative estimate of drug-likeness (QED) is 0.147. The van der Waals surface area contributed by atoms with Crippen molar-refractivity contribution in [3.63, 3.8) is 0 Å². The smallest absolute Gasteiger partial charge is 0.192 e. The van der Waals surface area contributed by atoms with Crippen LogP contribution in [-0.2, 0) is 0 Å². The summed E-state index contributed by atoms with van der Waals surface area (Å²) in [6, 6.07) is 17.4. The van der Waals surface area contributed by atoms with Gasteiger partial charge in [-0.1, -0.05) is 17.7 Å². The zero-order valence-corrected chi connectivity index (χ0v) is 79.4. The van der Waals surface area contributed by atoms with Gasteiger partial charge in [0, 0.05) is 43.9 Å². The van der Waals surface area contributed by atoms with E-state index in [1.165, 1.54) is 82.3 Å². The summed E-state index contributed by atoms with van der Waals surface area (Å²) in [6.07, 6.45) is 0. The highest BCUT2D eigenvalue weighted by Crippen LogP contribution is 2.60. The number of nitrogens with zero attached hydrogens (tertiary/aromatic N) is 3. The van der Waals surface area contributed by atoms with E-state index in [1.54, 1.807) is 90.7 Å². The van der Waals surface area contributed by atoms with Crippen molar-refractivity contribution >= 4 is 432 Å². The van der Waals surface area contributed by atoms with Crippen LogP contribution in [0.3, 0.4) is 0 Å². The van der Waals surface area contributed by atoms with E-state index in [9.17, 15) is 0 Å². The van der Waals surface area contributed by atoms with Gasteiger partial charge in [-0.05, 0) is 289 Å². The van der Waals surface area contributed by atoms with Gasteiger partial charge in [-0.2, -0.15) is 0 Å². The summed E-state index contributed by atoms with van der Waals surface area (Å²) in [4.78, 5) is 23.2. The minimum absolute atomic E-state index is 0.785. The van der Waals surface area contributed by atoms with Crippen molar-refractivity contribution in [1.29, 1.82) is 0 Å². The largest absolute Gasteiger partial charge is 0.452 e. The first kappa shape index (κ1) is 69.8. The predicted octanol–water partition coefficient (Wildman–Crippen LogP) is 34.7. The molecule has 19 aromatic rings. The Balaban J connectivity index is 0.000000111. The van der Waals surface area contributed by atoms with Crippen LogP contribution in [0.5, 0.6) is 0 Å². The van der Waals surface area contributed by atoms with E-state index in [-0.39, 0.29) is 0 Å². The molecule has 0 saturated heterocycles. The van der Waals surface area contributed by atoms with E-state index in [0.29, 0.717) is 0 Å². The second-order valence-electron chi connectivity index (χ2n) is 22.0. The maximum absolute atomic E-state index is 6.67. The fourth-order valence-corrected chi connectivity index (χ4v) is 36.5. The number of hydrogen-bond donors (Lipinski definition) is 0. The molecule has 0 radical (unpaired) electrons. The molecule has 0 bridgehead atoms. The van der Waals surface area contributed by atoms with Gasteiger partial charge in [-0.15, -0.1) is 136 Å². The lowest BCUT2D eigenvalue weighted by Gasteiger charge is -2.12. The highest BCUT2D eigenvalue weighted by atomic mass is 127. The number of halogens is 12. The molecule has 0 aliphatic carbocycles. The van der Waals surface area contributed by atoms with Crippen LogP contribution in [0.2, 0.25) is 0 Å². The molecule has 0 unspecified atom stereocenters. The lowest BCUT2D eigenvalue weighted by Crippen LogP contribution is -1.99. The van der Waals surface area contributed by atoms with Gasteiger partial charge in [0.05, 0.1) is 122 Å². The summed E-state index contributed by atoms with van der Waals surface area (Å²) in [6.45, 7) is 14.7. The maximum atomic E-state index is 6.67. The first-order chi connectivity index (χ1) is 46.4. The van der Waals surface area contributed by atoms with Crippen LogP contribution in [0.15, 0.2) is 116 Å². The van der Waals surface area contributed by atoms with Crippen molar-refractivity contribution in [2.24, 2.45) is 0 Å². The molecule has 0 spiro atoms. The van der Waals surface area contributed by atoms with Crippen LogP contribution in [-0.4, -0.2) is 14.5 Å². The second kappa shape index (κ2) is 26.6. The van der Waals surface area contributed by atoms with E-state index in [2.05, 4.69) is 302 Å². The summed E-state index contributed by atoms with van der Waals surface area (Å²) in [5, 5.41) is 2.02. The van der Waals surface area contributed by atoms with Crippen LogP contribution in [0.25, 0.3) is 158 Å². The molecule has 0 N–H and O–H groups in total. The SMILES string of the molecule is Cc1cc(Br)c(-c2oc3c(sc4c5oc(-c6sc(C)cc6Br)c(Br)c5sc34)c2Br)s1.Cc1ccc(-n2c(C)cc(Br)c2-c2sc3c(oc4c5sc(-c6sc(C)cc6Br)c(I)c5sc43)c2I)cc1.Cc1nc(Br)c(-c2sc3c(oc4c3oc3c(Br)c(-c5sc(C)nc5Br)sc34)c2Br)s1. The first-order valence-electron chi connectivity index (χ1n) is 28.2. The summed E-state index contributed by atoms with van der Waals surface area (Å²) < 4.78 is 58.5. The van der Waals surface area contributed by atoms with Crippen LogP contribution < -0.4 is 0 Å². The van der Waals surface area contributed by atoms with Crippen LogP contribution in [0.1, 0.15) is 35.9 Å². The fraction of sp³-hybridized carbons (Fsp3) is 0.108. The Labute approximate surface area is 708 Å². The van der Waals surface area contributed by atoms with Crippen molar-refractivity contribution in [2.45, 2.75) is 48.5 Å². The molecule has 0 saturated carbocycles. The topological polar surface area (TPSA) is 96.4 Å². The Morgan fingerprint density at radius 1 is 0.330 bits per heavy atom. The standard InChI is InChI=1S/C27H15Br2I2NOS4.C20H8Br4O2S4.C18H6Br4N2O2S4/c1-10-4-6-13(7-5-10)32-11(2)8-14(28)18(32)22-16(30)19-25(35-22)27-20(33-19)26-24(37-27)17(31)23(36-26)21-15(29)9-12(3)34-21;1-5-3-7(21)15(27-5)11-9(23)17-13(25-11)19-20(29-17)14-18(30-19)10(24)12(26-14)16-8(22)4-6(2)28-16;1-3-23-17(21)15(27-3)11-5(19)7-13(29-11)9-10(25-7)14-8(26-9)6(20)12(30-14)16-18(22)24-4(2)28-16/h4-9H,1-3H3;3-4H,1-2H3;1-2H3. The normalized spacial score (nSPS) is 12.3. The predicted molar refractivity (Wildman–Crippen MR) is 476 cm³/mol. The molecule has 0 fully saturated rings. The highest BCUT2D eigenvalue weighted by Gasteiger charge is 2.33. The van der Waals surface area contributed by atoms with Gasteiger partial charge < -0.3 is 26.7 Å². The van der Waals surface area contributed by atoms with E-state index < -0.39 is 0 Å². The lowest BCUT2D eigenvalue weighted by molar-refractivity contribution is 0.633. The second-order valence-corrected chi connectivity index (χ2v) is 45.5. The van der Waals surface area contributed by atoms with Crippen molar-refractivity contribution in [3.05, 3.63) is 137 Å². The van der Waals surface area contributed by atoms with Gasteiger partial charge >= 0.3 is 0 Å². The van der Waals surface area contributed by atoms with Gasteiger partial charge in [0.25, 0.3) is 0 Å². The molecule has 0 aliphatic heterocycles. The third kappa shape index (κ3) is 11.6. The number of hydrogen-bond acceptors (Lipinski definition) is 19. The molecule has 490 valence electrons. The number of thiazole rings is 2. The van der Waals surface area contributed by atoms with Gasteiger partial charge in [-0.25, -0.2) is 9.97 Å². The van der Waals surface area contributed by atoms with Gasteiger partial charge in [0.1, 0.15) is 18.6 Å². The van der Waals surface area contributed by atoms with Crippen molar-refractivity contribution in [2.75, 3.05) is 0 Å². The zero-order valence-electron chi connectivity index (χ0n) is 49.4. The summed E-state index contributed by atoms with van der Waals surface area (Å²) >= 11 is 63.1. The number of benzene rings is 1.